The molecule has 0 aliphatic heterocycles. The largest absolute Gasteiger partial charge is 0.370 e. The first-order valence-electron chi connectivity index (χ1n) is 13.7. The summed E-state index contributed by atoms with van der Waals surface area (Å²) in [5, 5.41) is 0. The molecule has 0 aliphatic carbocycles. The zero-order chi connectivity index (χ0) is 29.4. The third-order valence-electron chi connectivity index (χ3n) is 5.23. The van der Waals surface area contributed by atoms with Gasteiger partial charge in [0, 0.05) is 19.3 Å². The van der Waals surface area contributed by atoms with E-state index in [1.165, 1.54) is 27.8 Å². The molecule has 0 N–H and O–H groups in total. The van der Waals surface area contributed by atoms with Gasteiger partial charge in [0.2, 0.25) is 0 Å². The number of nitrogens with zero attached hydrogens (tertiary/aromatic N) is 1. The molecule has 2 aromatic carbocycles. The molecular formula is C37H61N. The highest BCUT2D eigenvalue weighted by Gasteiger charge is 2.09. The monoisotopic (exact) mass is 519 g/mol. The van der Waals surface area contributed by atoms with Crippen molar-refractivity contribution in [1.82, 2.24) is 4.90 Å². The number of hydrogen-bond acceptors (Lipinski definition) is 1. The summed E-state index contributed by atoms with van der Waals surface area (Å²) in [6.07, 6.45) is 7.15. The van der Waals surface area contributed by atoms with Crippen molar-refractivity contribution in [3.8, 4) is 0 Å². The van der Waals surface area contributed by atoms with E-state index < -0.39 is 0 Å². The van der Waals surface area contributed by atoms with Crippen LogP contribution in [0.15, 0.2) is 103 Å². The molecule has 0 spiro atoms. The lowest BCUT2D eigenvalue weighted by atomic mass is 9.99. The minimum Gasteiger partial charge on any atom is -0.370 e. The molecule has 2 rings (SSSR count). The second-order valence-electron chi connectivity index (χ2n) is 8.17. The van der Waals surface area contributed by atoms with Gasteiger partial charge in [-0.25, -0.2) is 0 Å². The van der Waals surface area contributed by atoms with Gasteiger partial charge in [0.1, 0.15) is 0 Å². The van der Waals surface area contributed by atoms with Crippen molar-refractivity contribution in [1.29, 1.82) is 0 Å². The van der Waals surface area contributed by atoms with Crippen LogP contribution in [0.2, 0.25) is 0 Å². The molecule has 0 heterocycles. The van der Waals surface area contributed by atoms with E-state index in [1.807, 2.05) is 48.5 Å². The van der Waals surface area contributed by atoms with E-state index in [4.69, 9.17) is 0 Å². The molecule has 0 atom stereocenters. The summed E-state index contributed by atoms with van der Waals surface area (Å²) in [6, 6.07) is 17.1. The molecular weight excluding hydrogens is 458 g/mol. The Balaban J connectivity index is -0.000000251. The van der Waals surface area contributed by atoms with Gasteiger partial charge in [-0.05, 0) is 81.4 Å². The topological polar surface area (TPSA) is 3.24 Å². The van der Waals surface area contributed by atoms with Gasteiger partial charge < -0.3 is 4.90 Å². The van der Waals surface area contributed by atoms with Crippen molar-refractivity contribution in [3.63, 3.8) is 0 Å². The molecule has 1 heteroatoms. The quantitative estimate of drug-likeness (QED) is 0.260. The minimum atomic E-state index is 0. The summed E-state index contributed by atoms with van der Waals surface area (Å²) < 4.78 is 0. The maximum atomic E-state index is 4.10. The summed E-state index contributed by atoms with van der Waals surface area (Å²) in [6.45, 7) is 34.8. The number of allylic oxidation sites excluding steroid dienone is 5. The Labute approximate surface area is 239 Å². The van der Waals surface area contributed by atoms with Crippen LogP contribution in [-0.4, -0.2) is 11.9 Å². The summed E-state index contributed by atoms with van der Waals surface area (Å²) in [7, 11) is 2.09. The minimum absolute atomic E-state index is 0. The van der Waals surface area contributed by atoms with Crippen molar-refractivity contribution >= 4 is 5.57 Å². The Morgan fingerprint density at radius 2 is 1.39 bits per heavy atom. The number of aryl methyl sites for hydroxylation is 2. The Bertz CT molecular complexity index is 956. The third-order valence-corrected chi connectivity index (χ3v) is 5.23. The highest BCUT2D eigenvalue weighted by Crippen LogP contribution is 2.21. The summed E-state index contributed by atoms with van der Waals surface area (Å²) in [4.78, 5) is 2.21. The van der Waals surface area contributed by atoms with Crippen molar-refractivity contribution in [2.75, 3.05) is 7.05 Å². The lowest BCUT2D eigenvalue weighted by Crippen LogP contribution is -2.18. The first kappa shape index (κ1) is 42.0. The number of rotatable bonds is 7. The molecule has 0 unspecified atom stereocenters. The van der Waals surface area contributed by atoms with Gasteiger partial charge >= 0.3 is 0 Å². The van der Waals surface area contributed by atoms with Gasteiger partial charge in [-0.15, -0.1) is 6.58 Å². The Morgan fingerprint density at radius 1 is 0.868 bits per heavy atom. The summed E-state index contributed by atoms with van der Waals surface area (Å²) >= 11 is 0. The second-order valence-corrected chi connectivity index (χ2v) is 8.17. The van der Waals surface area contributed by atoms with Gasteiger partial charge in [0.15, 0.2) is 0 Å². The lowest BCUT2D eigenvalue weighted by molar-refractivity contribution is 0.419. The predicted molar refractivity (Wildman–Crippen MR) is 181 cm³/mol. The maximum absolute atomic E-state index is 4.10. The molecule has 0 aliphatic rings. The molecule has 0 saturated carbocycles. The smallest absolute Gasteiger partial charge is 0.0426 e. The zero-order valence-electron chi connectivity index (χ0n) is 26.3. The van der Waals surface area contributed by atoms with E-state index in [-0.39, 0.29) is 7.43 Å². The molecule has 1 nitrogen and oxygen atoms in total. The van der Waals surface area contributed by atoms with Crippen LogP contribution in [0.5, 0.6) is 0 Å². The Hall–Kier alpha value is -3.06. The molecule has 38 heavy (non-hydrogen) atoms. The molecule has 0 fully saturated rings. The van der Waals surface area contributed by atoms with Crippen molar-refractivity contribution in [2.45, 2.75) is 96.6 Å². The van der Waals surface area contributed by atoms with Gasteiger partial charge in [0.25, 0.3) is 0 Å². The Kier molecular flexibility index (Phi) is 29.9. The van der Waals surface area contributed by atoms with Crippen LogP contribution in [0.4, 0.5) is 0 Å². The van der Waals surface area contributed by atoms with E-state index in [1.54, 1.807) is 6.08 Å². The van der Waals surface area contributed by atoms with Crippen molar-refractivity contribution < 1.29 is 0 Å². The number of hydrogen-bond donors (Lipinski definition) is 0. The molecule has 0 bridgehead atoms. The fraction of sp³-hybridized carbons (Fsp3) is 0.405. The standard InChI is InChI=1S/C17H23N.C12H16.C3H6.2C2H6.CH4/c1-7-17(15(5)13(2)3)18(6)12-16-10-8-9-14(4)11-16;1-4-11(5-2)12-9-7-6-8-10(12)3;1-3-2;2*1-2;/h7-11H,2,5,12H2,1,3-4,6H3;4,6-9H,5H2,1-3H3;3H,1H2,2H3;2*1-2H3;1H4/b17-7-;11-4-;;;;. The highest BCUT2D eigenvalue weighted by molar-refractivity contribution is 5.67. The average molecular weight is 520 g/mol. The van der Waals surface area contributed by atoms with Crippen molar-refractivity contribution in [3.05, 3.63) is 126 Å². The van der Waals surface area contributed by atoms with Crippen LogP contribution >= 0.6 is 0 Å². The molecule has 2 aromatic rings. The SMILES string of the molecule is C.C/C=C(/CC)c1ccccc1C.C=C(C)C(=C)/C(=C/C)N(C)Cc1cccc(C)c1.C=CC.CC.CC. The molecule has 0 radical (unpaired) electrons. The van der Waals surface area contributed by atoms with Gasteiger partial charge in [0.05, 0.1) is 0 Å². The van der Waals surface area contributed by atoms with Crippen LogP contribution in [0.3, 0.4) is 0 Å². The zero-order valence-corrected chi connectivity index (χ0v) is 26.3. The Morgan fingerprint density at radius 3 is 1.79 bits per heavy atom. The van der Waals surface area contributed by atoms with Gasteiger partial charge in [-0.3, -0.25) is 0 Å². The van der Waals surface area contributed by atoms with E-state index in [0.717, 1.165) is 29.8 Å². The van der Waals surface area contributed by atoms with E-state index in [9.17, 15) is 0 Å². The van der Waals surface area contributed by atoms with E-state index in [0.29, 0.717) is 0 Å². The van der Waals surface area contributed by atoms with Gasteiger partial charge in [-0.1, -0.05) is 128 Å². The van der Waals surface area contributed by atoms with E-state index in [2.05, 4.69) is 120 Å². The lowest BCUT2D eigenvalue weighted by Gasteiger charge is -2.24. The van der Waals surface area contributed by atoms with Crippen LogP contribution in [0, 0.1) is 13.8 Å². The normalized spacial score (nSPS) is 9.68. The number of likely N-dealkylation sites (N-methyl/N-ethyl adjacent to an activating group) is 1. The second kappa shape index (κ2) is 27.0. The predicted octanol–water partition coefficient (Wildman–Crippen LogP) is 12.2. The summed E-state index contributed by atoms with van der Waals surface area (Å²) in [5.74, 6) is 0. The van der Waals surface area contributed by atoms with Crippen LogP contribution in [0.25, 0.3) is 5.57 Å². The van der Waals surface area contributed by atoms with Crippen LogP contribution in [-0.2, 0) is 6.54 Å². The third kappa shape index (κ3) is 17.4. The fourth-order valence-corrected chi connectivity index (χ4v) is 3.50. The molecule has 0 aromatic heterocycles. The fourth-order valence-electron chi connectivity index (χ4n) is 3.50. The average Bonchev–Trinajstić information content (AvgIpc) is 2.89. The first-order chi connectivity index (χ1) is 17.7. The molecule has 214 valence electrons. The highest BCUT2D eigenvalue weighted by atomic mass is 15.1. The maximum Gasteiger partial charge on any atom is 0.0426 e. The summed E-state index contributed by atoms with van der Waals surface area (Å²) in [5.41, 5.74) is 9.96. The van der Waals surface area contributed by atoms with Crippen LogP contribution < -0.4 is 0 Å². The molecule has 0 amide bonds. The molecule has 0 saturated heterocycles. The number of benzene rings is 2. The van der Waals surface area contributed by atoms with E-state index >= 15 is 0 Å². The first-order valence-corrected chi connectivity index (χ1v) is 13.7. The van der Waals surface area contributed by atoms with Crippen molar-refractivity contribution in [2.24, 2.45) is 0 Å². The van der Waals surface area contributed by atoms with Crippen LogP contribution in [0.1, 0.15) is 98.4 Å². The van der Waals surface area contributed by atoms with Gasteiger partial charge in [-0.2, -0.15) is 0 Å².